The van der Waals surface area contributed by atoms with E-state index in [2.05, 4.69) is 10.1 Å². The third kappa shape index (κ3) is 5.46. The minimum atomic E-state index is -3.07. The zero-order valence-corrected chi connectivity index (χ0v) is 13.9. The first kappa shape index (κ1) is 19.8. The molecule has 0 bridgehead atoms. The van der Waals surface area contributed by atoms with Gasteiger partial charge in [-0.15, -0.1) is 0 Å². The molecular weight excluding hydrogens is 366 g/mol. The van der Waals surface area contributed by atoms with Crippen molar-refractivity contribution >= 4 is 23.3 Å². The average Bonchev–Trinajstić information content (AvgIpc) is 2.62. The van der Waals surface area contributed by atoms with E-state index in [1.54, 1.807) is 0 Å². The van der Waals surface area contributed by atoms with Crippen molar-refractivity contribution in [2.45, 2.75) is 19.6 Å². The van der Waals surface area contributed by atoms with Gasteiger partial charge in [-0.25, -0.2) is 4.79 Å². The van der Waals surface area contributed by atoms with Crippen LogP contribution in [-0.2, 0) is 9.53 Å². The number of nitrogens with one attached hydrogen (secondary N) is 1. The number of hydrogen-bond donors (Lipinski definition) is 1. The van der Waals surface area contributed by atoms with Gasteiger partial charge in [0.25, 0.3) is 11.6 Å². The predicted molar refractivity (Wildman–Crippen MR) is 89.7 cm³/mol. The summed E-state index contributed by atoms with van der Waals surface area (Å²) in [6.07, 6.45) is -1.26. The maximum Gasteiger partial charge on any atom is 0.387 e. The largest absolute Gasteiger partial charge is 0.449 e. The number of amides is 1. The second-order valence-corrected chi connectivity index (χ2v) is 5.22. The number of alkyl halides is 2. The fourth-order valence-corrected chi connectivity index (χ4v) is 2.00. The van der Waals surface area contributed by atoms with Crippen molar-refractivity contribution in [1.82, 2.24) is 0 Å². The lowest BCUT2D eigenvalue weighted by molar-refractivity contribution is -0.384. The molecule has 0 radical (unpaired) electrons. The van der Waals surface area contributed by atoms with E-state index >= 15 is 0 Å². The highest BCUT2D eigenvalue weighted by atomic mass is 19.3. The summed E-state index contributed by atoms with van der Waals surface area (Å²) in [5, 5.41) is 12.9. The number of nitro groups is 1. The Morgan fingerprint density at radius 1 is 1.11 bits per heavy atom. The highest BCUT2D eigenvalue weighted by Crippen LogP contribution is 2.25. The van der Waals surface area contributed by atoms with Crippen LogP contribution < -0.4 is 10.1 Å². The van der Waals surface area contributed by atoms with Gasteiger partial charge in [-0.2, -0.15) is 8.78 Å². The Labute approximate surface area is 151 Å². The SMILES string of the molecule is CC(OC(=O)c1ccc([N+](=O)[O-])cc1)C(=O)Nc1ccccc1OC(F)F. The van der Waals surface area contributed by atoms with E-state index in [1.807, 2.05) is 0 Å². The molecule has 10 heteroatoms. The van der Waals surface area contributed by atoms with Crippen LogP contribution in [0, 0.1) is 10.1 Å². The number of non-ortho nitro benzene ring substituents is 1. The van der Waals surface area contributed by atoms with E-state index in [0.717, 1.165) is 12.1 Å². The normalized spacial score (nSPS) is 11.6. The van der Waals surface area contributed by atoms with E-state index in [4.69, 9.17) is 4.74 Å². The van der Waals surface area contributed by atoms with Crippen LogP contribution in [0.2, 0.25) is 0 Å². The van der Waals surface area contributed by atoms with Crippen molar-refractivity contribution in [3.8, 4) is 5.75 Å². The van der Waals surface area contributed by atoms with Gasteiger partial charge in [0.1, 0.15) is 5.75 Å². The molecule has 0 aromatic heterocycles. The third-order valence-corrected chi connectivity index (χ3v) is 3.33. The number of carbonyl (C=O) groups excluding carboxylic acids is 2. The molecule has 1 amide bonds. The molecule has 1 atom stereocenters. The van der Waals surface area contributed by atoms with Crippen molar-refractivity contribution in [1.29, 1.82) is 0 Å². The summed E-state index contributed by atoms with van der Waals surface area (Å²) in [6.45, 7) is -1.78. The summed E-state index contributed by atoms with van der Waals surface area (Å²) < 4.78 is 34.1. The Bertz CT molecular complexity index is 842. The third-order valence-electron chi connectivity index (χ3n) is 3.33. The Morgan fingerprint density at radius 2 is 1.74 bits per heavy atom. The quantitative estimate of drug-likeness (QED) is 0.448. The van der Waals surface area contributed by atoms with Gasteiger partial charge in [0.05, 0.1) is 16.2 Å². The maximum absolute atomic E-state index is 12.4. The van der Waals surface area contributed by atoms with Gasteiger partial charge in [-0.05, 0) is 31.2 Å². The molecule has 2 aromatic rings. The van der Waals surface area contributed by atoms with Gasteiger partial charge in [-0.1, -0.05) is 12.1 Å². The van der Waals surface area contributed by atoms with E-state index in [0.29, 0.717) is 0 Å². The lowest BCUT2D eigenvalue weighted by Gasteiger charge is -2.15. The molecule has 2 aromatic carbocycles. The van der Waals surface area contributed by atoms with Gasteiger partial charge >= 0.3 is 12.6 Å². The first-order chi connectivity index (χ1) is 12.8. The van der Waals surface area contributed by atoms with Crippen LogP contribution in [0.4, 0.5) is 20.2 Å². The minimum Gasteiger partial charge on any atom is -0.449 e. The molecular formula is C17H14F2N2O6. The summed E-state index contributed by atoms with van der Waals surface area (Å²) in [6, 6.07) is 10.2. The fourth-order valence-electron chi connectivity index (χ4n) is 2.00. The van der Waals surface area contributed by atoms with E-state index in [9.17, 15) is 28.5 Å². The van der Waals surface area contributed by atoms with Crippen LogP contribution in [0.15, 0.2) is 48.5 Å². The highest BCUT2D eigenvalue weighted by Gasteiger charge is 2.21. The number of hydrogen-bond acceptors (Lipinski definition) is 6. The first-order valence-corrected chi connectivity index (χ1v) is 7.58. The summed E-state index contributed by atoms with van der Waals surface area (Å²) in [5.41, 5.74) is -0.198. The molecule has 8 nitrogen and oxygen atoms in total. The van der Waals surface area contributed by atoms with Crippen LogP contribution in [0.1, 0.15) is 17.3 Å². The molecule has 0 aliphatic rings. The second kappa shape index (κ2) is 8.70. The van der Waals surface area contributed by atoms with Crippen molar-refractivity contribution in [2.24, 2.45) is 0 Å². The maximum atomic E-state index is 12.4. The van der Waals surface area contributed by atoms with Gasteiger partial charge in [0, 0.05) is 12.1 Å². The number of benzene rings is 2. The minimum absolute atomic E-state index is 0.0129. The number of nitro benzene ring substituents is 1. The molecule has 2 rings (SSSR count). The highest BCUT2D eigenvalue weighted by molar-refractivity contribution is 5.98. The Morgan fingerprint density at radius 3 is 2.33 bits per heavy atom. The van der Waals surface area contributed by atoms with Gasteiger partial charge < -0.3 is 14.8 Å². The Balaban J connectivity index is 2.01. The number of nitrogens with zero attached hydrogens (tertiary/aromatic N) is 1. The van der Waals surface area contributed by atoms with Crippen LogP contribution >= 0.6 is 0 Å². The monoisotopic (exact) mass is 380 g/mol. The Hall–Kier alpha value is -3.56. The molecule has 0 spiro atoms. The number of carbonyl (C=O) groups is 2. The molecule has 0 fully saturated rings. The van der Waals surface area contributed by atoms with Crippen molar-refractivity contribution < 1.29 is 32.8 Å². The summed E-state index contributed by atoms with van der Waals surface area (Å²) in [7, 11) is 0. The lowest BCUT2D eigenvalue weighted by atomic mass is 10.2. The number of anilines is 1. The zero-order valence-electron chi connectivity index (χ0n) is 13.9. The van der Waals surface area contributed by atoms with Crippen LogP contribution in [0.5, 0.6) is 5.75 Å². The summed E-state index contributed by atoms with van der Waals surface area (Å²) in [4.78, 5) is 34.1. The summed E-state index contributed by atoms with van der Waals surface area (Å²) >= 11 is 0. The molecule has 0 aliphatic carbocycles. The predicted octanol–water partition coefficient (Wildman–Crippen LogP) is 3.38. The molecule has 0 heterocycles. The number of esters is 1. The zero-order chi connectivity index (χ0) is 20.0. The molecule has 142 valence electrons. The average molecular weight is 380 g/mol. The van der Waals surface area contributed by atoms with Crippen molar-refractivity contribution in [2.75, 3.05) is 5.32 Å². The van der Waals surface area contributed by atoms with Crippen molar-refractivity contribution in [3.05, 3.63) is 64.2 Å². The van der Waals surface area contributed by atoms with Crippen LogP contribution in [0.3, 0.4) is 0 Å². The van der Waals surface area contributed by atoms with Crippen LogP contribution in [-0.4, -0.2) is 29.5 Å². The molecule has 0 saturated carbocycles. The molecule has 27 heavy (non-hydrogen) atoms. The first-order valence-electron chi connectivity index (χ1n) is 7.58. The molecule has 0 saturated heterocycles. The van der Waals surface area contributed by atoms with Gasteiger partial charge in [0.15, 0.2) is 6.10 Å². The second-order valence-electron chi connectivity index (χ2n) is 5.22. The molecule has 1 unspecified atom stereocenters. The molecule has 0 aliphatic heterocycles. The Kier molecular flexibility index (Phi) is 6.36. The molecule has 1 N–H and O–H groups in total. The lowest BCUT2D eigenvalue weighted by Crippen LogP contribution is -2.30. The topological polar surface area (TPSA) is 108 Å². The van der Waals surface area contributed by atoms with Crippen LogP contribution in [0.25, 0.3) is 0 Å². The van der Waals surface area contributed by atoms with E-state index < -0.39 is 29.5 Å². The number of para-hydroxylation sites is 2. The number of ether oxygens (including phenoxy) is 2. The summed E-state index contributed by atoms with van der Waals surface area (Å²) in [5.74, 6) is -1.88. The van der Waals surface area contributed by atoms with Gasteiger partial charge in [0.2, 0.25) is 0 Å². The smallest absolute Gasteiger partial charge is 0.387 e. The number of halogens is 2. The standard InChI is InChI=1S/C17H14F2N2O6/c1-10(26-16(23)11-6-8-12(9-7-11)21(24)25)15(22)20-13-4-2-3-5-14(13)27-17(18)19/h2-10,17H,1H3,(H,20,22). The van der Waals surface area contributed by atoms with Gasteiger partial charge in [-0.3, -0.25) is 14.9 Å². The fraction of sp³-hybridized carbons (Fsp3) is 0.176. The van der Waals surface area contributed by atoms with E-state index in [1.165, 1.54) is 43.3 Å². The number of rotatable bonds is 7. The van der Waals surface area contributed by atoms with E-state index in [-0.39, 0.29) is 22.7 Å². The van der Waals surface area contributed by atoms with Crippen molar-refractivity contribution in [3.63, 3.8) is 0 Å².